The molecule has 2 aromatic rings. The van der Waals surface area contributed by atoms with Crippen molar-refractivity contribution in [2.45, 2.75) is 20.3 Å². The minimum Gasteiger partial charge on any atom is -0.374 e. The molecule has 2 rings (SSSR count). The SMILES string of the molecule is CCc1nc2sc(N)nn2c1C. The fourth-order valence-electron chi connectivity index (χ4n) is 1.24. The third-order valence-electron chi connectivity index (χ3n) is 1.88. The van der Waals surface area contributed by atoms with E-state index in [2.05, 4.69) is 17.0 Å². The monoisotopic (exact) mass is 182 g/mol. The maximum Gasteiger partial charge on any atom is 0.214 e. The Morgan fingerprint density at radius 3 is 2.92 bits per heavy atom. The predicted octanol–water partition coefficient (Wildman–Crippen LogP) is 1.24. The van der Waals surface area contributed by atoms with Crippen LogP contribution in [-0.2, 0) is 6.42 Å². The minimum absolute atomic E-state index is 0.572. The number of aromatic nitrogens is 3. The van der Waals surface area contributed by atoms with E-state index in [0.29, 0.717) is 5.13 Å². The number of nitrogens with zero attached hydrogens (tertiary/aromatic N) is 3. The molecule has 2 heterocycles. The van der Waals surface area contributed by atoms with Crippen LogP contribution in [0, 0.1) is 6.92 Å². The van der Waals surface area contributed by atoms with Gasteiger partial charge in [-0.05, 0) is 13.3 Å². The first-order valence-corrected chi connectivity index (χ1v) is 4.64. The lowest BCUT2D eigenvalue weighted by molar-refractivity contribution is 0.918. The van der Waals surface area contributed by atoms with Gasteiger partial charge in [-0.25, -0.2) is 9.50 Å². The molecule has 0 atom stereocenters. The van der Waals surface area contributed by atoms with E-state index in [9.17, 15) is 0 Å². The first-order chi connectivity index (χ1) is 5.72. The number of aryl methyl sites for hydroxylation is 2. The van der Waals surface area contributed by atoms with Gasteiger partial charge in [0.25, 0.3) is 0 Å². The molecule has 0 aliphatic carbocycles. The van der Waals surface area contributed by atoms with Crippen LogP contribution in [0.2, 0.25) is 0 Å². The average Bonchev–Trinajstić information content (AvgIpc) is 2.51. The highest BCUT2D eigenvalue weighted by Gasteiger charge is 2.09. The molecule has 64 valence electrons. The van der Waals surface area contributed by atoms with Crippen molar-refractivity contribution in [3.05, 3.63) is 11.4 Å². The Morgan fingerprint density at radius 1 is 1.58 bits per heavy atom. The van der Waals surface area contributed by atoms with Gasteiger partial charge < -0.3 is 5.73 Å². The van der Waals surface area contributed by atoms with Crippen molar-refractivity contribution in [3.63, 3.8) is 0 Å². The summed E-state index contributed by atoms with van der Waals surface area (Å²) in [4.78, 5) is 5.28. The van der Waals surface area contributed by atoms with E-state index in [4.69, 9.17) is 5.73 Å². The predicted molar refractivity (Wildman–Crippen MR) is 49.4 cm³/mol. The molecule has 0 aromatic carbocycles. The van der Waals surface area contributed by atoms with E-state index in [1.54, 1.807) is 4.52 Å². The first-order valence-electron chi connectivity index (χ1n) is 3.83. The number of hydrogen-bond donors (Lipinski definition) is 1. The minimum atomic E-state index is 0.572. The van der Waals surface area contributed by atoms with Gasteiger partial charge in [0.2, 0.25) is 10.1 Å². The van der Waals surface area contributed by atoms with Crippen molar-refractivity contribution in [2.24, 2.45) is 0 Å². The summed E-state index contributed by atoms with van der Waals surface area (Å²) in [5.74, 6) is 0. The van der Waals surface area contributed by atoms with Crippen LogP contribution in [0.15, 0.2) is 0 Å². The number of anilines is 1. The van der Waals surface area contributed by atoms with Crippen molar-refractivity contribution in [3.8, 4) is 0 Å². The zero-order valence-electron chi connectivity index (χ0n) is 7.03. The number of nitrogens with two attached hydrogens (primary N) is 1. The van der Waals surface area contributed by atoms with Crippen LogP contribution in [-0.4, -0.2) is 14.6 Å². The lowest BCUT2D eigenvalue weighted by Crippen LogP contribution is -1.92. The zero-order chi connectivity index (χ0) is 8.72. The van der Waals surface area contributed by atoms with Crippen LogP contribution in [0.5, 0.6) is 0 Å². The average molecular weight is 182 g/mol. The summed E-state index contributed by atoms with van der Waals surface area (Å²) in [7, 11) is 0. The van der Waals surface area contributed by atoms with Gasteiger partial charge in [-0.2, -0.15) is 0 Å². The molecule has 0 fully saturated rings. The van der Waals surface area contributed by atoms with Crippen molar-refractivity contribution in [2.75, 3.05) is 5.73 Å². The molecule has 0 radical (unpaired) electrons. The highest BCUT2D eigenvalue weighted by Crippen LogP contribution is 2.19. The van der Waals surface area contributed by atoms with Crippen molar-refractivity contribution in [1.29, 1.82) is 0 Å². The number of rotatable bonds is 1. The molecule has 2 N–H and O–H groups in total. The number of imidazole rings is 1. The third kappa shape index (κ3) is 0.896. The van der Waals surface area contributed by atoms with Crippen LogP contribution in [0.25, 0.3) is 4.96 Å². The lowest BCUT2D eigenvalue weighted by atomic mass is 10.3. The highest BCUT2D eigenvalue weighted by atomic mass is 32.1. The van der Waals surface area contributed by atoms with Gasteiger partial charge in [0.1, 0.15) is 0 Å². The molecule has 0 spiro atoms. The topological polar surface area (TPSA) is 56.2 Å². The molecular weight excluding hydrogens is 172 g/mol. The maximum atomic E-state index is 5.54. The Morgan fingerprint density at radius 2 is 2.33 bits per heavy atom. The standard InChI is InChI=1S/C7H10N4S/c1-3-5-4(2)11-7(9-5)12-6(8)10-11/h3H2,1-2H3,(H2,8,10). The number of hydrogen-bond acceptors (Lipinski definition) is 4. The Hall–Kier alpha value is -1.10. The van der Waals surface area contributed by atoms with E-state index in [1.165, 1.54) is 11.3 Å². The second kappa shape index (κ2) is 2.45. The zero-order valence-corrected chi connectivity index (χ0v) is 7.85. The highest BCUT2D eigenvalue weighted by molar-refractivity contribution is 7.20. The fourth-order valence-corrected chi connectivity index (χ4v) is 1.97. The molecule has 4 nitrogen and oxygen atoms in total. The summed E-state index contributed by atoms with van der Waals surface area (Å²) in [6.07, 6.45) is 0.946. The van der Waals surface area contributed by atoms with Crippen LogP contribution < -0.4 is 5.73 Å². The van der Waals surface area contributed by atoms with E-state index >= 15 is 0 Å². The molecule has 0 aliphatic rings. The van der Waals surface area contributed by atoms with E-state index in [-0.39, 0.29) is 0 Å². The van der Waals surface area contributed by atoms with E-state index in [0.717, 1.165) is 22.8 Å². The second-order valence-corrected chi connectivity index (χ2v) is 3.62. The Balaban J connectivity index is 2.74. The van der Waals surface area contributed by atoms with Crippen LogP contribution >= 0.6 is 11.3 Å². The van der Waals surface area contributed by atoms with Gasteiger partial charge >= 0.3 is 0 Å². The molecule has 0 bridgehead atoms. The Kier molecular flexibility index (Phi) is 1.54. The number of nitrogen functional groups attached to an aromatic ring is 1. The summed E-state index contributed by atoms with van der Waals surface area (Å²) in [6.45, 7) is 4.10. The molecule has 0 amide bonds. The van der Waals surface area contributed by atoms with Crippen molar-refractivity contribution < 1.29 is 0 Å². The largest absolute Gasteiger partial charge is 0.374 e. The molecule has 0 saturated heterocycles. The summed E-state index contributed by atoms with van der Waals surface area (Å²) >= 11 is 1.42. The molecule has 0 aliphatic heterocycles. The second-order valence-electron chi connectivity index (χ2n) is 2.63. The van der Waals surface area contributed by atoms with Crippen LogP contribution in [0.4, 0.5) is 5.13 Å². The molecular formula is C7H10N4S. The van der Waals surface area contributed by atoms with Gasteiger partial charge in [0.15, 0.2) is 0 Å². The quantitative estimate of drug-likeness (QED) is 0.722. The summed E-state index contributed by atoms with van der Waals surface area (Å²) in [5.41, 5.74) is 7.74. The molecule has 2 aromatic heterocycles. The van der Waals surface area contributed by atoms with Gasteiger partial charge in [0.05, 0.1) is 11.4 Å². The van der Waals surface area contributed by atoms with Gasteiger partial charge in [-0.1, -0.05) is 18.3 Å². The van der Waals surface area contributed by atoms with E-state index < -0.39 is 0 Å². The van der Waals surface area contributed by atoms with Gasteiger partial charge in [-0.15, -0.1) is 5.10 Å². The van der Waals surface area contributed by atoms with Crippen molar-refractivity contribution >= 4 is 21.4 Å². The van der Waals surface area contributed by atoms with Gasteiger partial charge in [0, 0.05) is 0 Å². The molecule has 12 heavy (non-hydrogen) atoms. The molecule has 0 unspecified atom stereocenters. The van der Waals surface area contributed by atoms with Crippen LogP contribution in [0.1, 0.15) is 18.3 Å². The summed E-state index contributed by atoms with van der Waals surface area (Å²) in [6, 6.07) is 0. The van der Waals surface area contributed by atoms with Crippen LogP contribution in [0.3, 0.4) is 0 Å². The van der Waals surface area contributed by atoms with E-state index in [1.807, 2.05) is 6.92 Å². The Labute approximate surface area is 74.0 Å². The Bertz CT molecular complexity index is 414. The normalized spacial score (nSPS) is 11.2. The molecule has 0 saturated carbocycles. The maximum absolute atomic E-state index is 5.54. The third-order valence-corrected chi connectivity index (χ3v) is 2.61. The number of fused-ring (bicyclic) bond motifs is 1. The summed E-state index contributed by atoms with van der Waals surface area (Å²) < 4.78 is 1.80. The molecule has 5 heteroatoms. The smallest absolute Gasteiger partial charge is 0.214 e. The van der Waals surface area contributed by atoms with Crippen molar-refractivity contribution in [1.82, 2.24) is 14.6 Å². The first kappa shape index (κ1) is 7.54. The summed E-state index contributed by atoms with van der Waals surface area (Å²) in [5, 5.41) is 4.70. The van der Waals surface area contributed by atoms with Gasteiger partial charge in [-0.3, -0.25) is 0 Å². The fraction of sp³-hybridized carbons (Fsp3) is 0.429. The lowest BCUT2D eigenvalue weighted by Gasteiger charge is -1.89.